The molecule has 0 saturated carbocycles. The number of carbonyl (C=O) groups is 1. The van der Waals surface area contributed by atoms with Gasteiger partial charge in [0.1, 0.15) is 5.82 Å². The van der Waals surface area contributed by atoms with Gasteiger partial charge in [-0.25, -0.2) is 4.39 Å². The van der Waals surface area contributed by atoms with Crippen LogP contribution in [0.25, 0.3) is 0 Å². The molecule has 0 unspecified atom stereocenters. The van der Waals surface area contributed by atoms with Gasteiger partial charge in [-0.3, -0.25) is 4.79 Å². The standard InChI is InChI=1S/C13H17BrFNO3/c1-13(7-17,8-18)6-16(2)12(19)10-5-9(14)3-4-11(10)15/h3-5,17-18H,6-8H2,1-2H3. The highest BCUT2D eigenvalue weighted by Crippen LogP contribution is 2.20. The molecule has 19 heavy (non-hydrogen) atoms. The van der Waals surface area contributed by atoms with E-state index in [0.29, 0.717) is 4.47 Å². The van der Waals surface area contributed by atoms with E-state index in [0.717, 1.165) is 0 Å². The summed E-state index contributed by atoms with van der Waals surface area (Å²) in [5.74, 6) is -1.10. The molecule has 0 aliphatic rings. The van der Waals surface area contributed by atoms with Crippen molar-refractivity contribution in [1.29, 1.82) is 0 Å². The van der Waals surface area contributed by atoms with Crippen molar-refractivity contribution in [2.45, 2.75) is 6.92 Å². The van der Waals surface area contributed by atoms with Gasteiger partial charge < -0.3 is 15.1 Å². The number of rotatable bonds is 5. The van der Waals surface area contributed by atoms with E-state index in [1.54, 1.807) is 6.92 Å². The highest BCUT2D eigenvalue weighted by molar-refractivity contribution is 9.10. The van der Waals surface area contributed by atoms with Gasteiger partial charge in [-0.15, -0.1) is 0 Å². The molecule has 0 fully saturated rings. The zero-order valence-corrected chi connectivity index (χ0v) is 12.4. The van der Waals surface area contributed by atoms with Crippen molar-refractivity contribution in [3.05, 3.63) is 34.1 Å². The van der Waals surface area contributed by atoms with Crippen molar-refractivity contribution in [1.82, 2.24) is 4.90 Å². The molecule has 1 amide bonds. The smallest absolute Gasteiger partial charge is 0.256 e. The number of carbonyl (C=O) groups excluding carboxylic acids is 1. The second kappa shape index (κ2) is 6.45. The number of hydrogen-bond donors (Lipinski definition) is 2. The van der Waals surface area contributed by atoms with Crippen molar-refractivity contribution in [3.8, 4) is 0 Å². The Morgan fingerprint density at radius 3 is 2.53 bits per heavy atom. The summed E-state index contributed by atoms with van der Waals surface area (Å²) < 4.78 is 14.2. The van der Waals surface area contributed by atoms with Gasteiger partial charge in [-0.1, -0.05) is 22.9 Å². The Balaban J connectivity index is 2.91. The molecular formula is C13H17BrFNO3. The summed E-state index contributed by atoms with van der Waals surface area (Å²) >= 11 is 3.19. The summed E-state index contributed by atoms with van der Waals surface area (Å²) in [6.07, 6.45) is 0. The monoisotopic (exact) mass is 333 g/mol. The number of halogens is 2. The topological polar surface area (TPSA) is 60.8 Å². The molecule has 2 N–H and O–H groups in total. The highest BCUT2D eigenvalue weighted by atomic mass is 79.9. The van der Waals surface area contributed by atoms with Crippen LogP contribution < -0.4 is 0 Å². The van der Waals surface area contributed by atoms with Crippen LogP contribution in [0.3, 0.4) is 0 Å². The summed E-state index contributed by atoms with van der Waals surface area (Å²) in [5.41, 5.74) is -0.859. The van der Waals surface area contributed by atoms with Crippen molar-refractivity contribution in [2.24, 2.45) is 5.41 Å². The van der Waals surface area contributed by atoms with Crippen LogP contribution >= 0.6 is 15.9 Å². The number of amides is 1. The molecule has 0 aliphatic heterocycles. The van der Waals surface area contributed by atoms with Gasteiger partial charge in [0.2, 0.25) is 0 Å². The van der Waals surface area contributed by atoms with E-state index in [4.69, 9.17) is 0 Å². The molecular weight excluding hydrogens is 317 g/mol. The highest BCUT2D eigenvalue weighted by Gasteiger charge is 2.27. The van der Waals surface area contributed by atoms with Crippen LogP contribution in [0, 0.1) is 11.2 Å². The molecule has 0 bridgehead atoms. The fraction of sp³-hybridized carbons (Fsp3) is 0.462. The largest absolute Gasteiger partial charge is 0.396 e. The van der Waals surface area contributed by atoms with E-state index < -0.39 is 17.1 Å². The van der Waals surface area contributed by atoms with E-state index in [1.165, 1.54) is 30.1 Å². The summed E-state index contributed by atoms with van der Waals surface area (Å²) in [4.78, 5) is 13.4. The second-order valence-corrected chi connectivity index (χ2v) is 5.83. The minimum atomic E-state index is -0.813. The average molecular weight is 334 g/mol. The van der Waals surface area contributed by atoms with Crippen molar-refractivity contribution in [3.63, 3.8) is 0 Å². The van der Waals surface area contributed by atoms with Gasteiger partial charge in [0, 0.05) is 23.5 Å². The zero-order chi connectivity index (χ0) is 14.6. The predicted molar refractivity (Wildman–Crippen MR) is 73.3 cm³/mol. The van der Waals surface area contributed by atoms with Crippen molar-refractivity contribution >= 4 is 21.8 Å². The minimum absolute atomic E-state index is 0.0462. The van der Waals surface area contributed by atoms with Gasteiger partial charge >= 0.3 is 0 Å². The first-order valence-electron chi connectivity index (χ1n) is 5.75. The van der Waals surface area contributed by atoms with Crippen LogP contribution in [0.15, 0.2) is 22.7 Å². The van der Waals surface area contributed by atoms with Gasteiger partial charge in [0.25, 0.3) is 5.91 Å². The second-order valence-electron chi connectivity index (χ2n) is 4.91. The minimum Gasteiger partial charge on any atom is -0.396 e. The maximum absolute atomic E-state index is 13.6. The number of benzene rings is 1. The van der Waals surface area contributed by atoms with E-state index >= 15 is 0 Å². The Hall–Kier alpha value is -0.980. The molecule has 0 heterocycles. The van der Waals surface area contributed by atoms with Gasteiger partial charge in [0.05, 0.1) is 18.8 Å². The first-order chi connectivity index (χ1) is 8.83. The Morgan fingerprint density at radius 2 is 2.00 bits per heavy atom. The SMILES string of the molecule is CN(CC(C)(CO)CO)C(=O)c1cc(Br)ccc1F. The number of aliphatic hydroxyl groups excluding tert-OH is 2. The summed E-state index contributed by atoms with van der Waals surface area (Å²) in [7, 11) is 1.51. The van der Waals surface area contributed by atoms with Crippen LogP contribution in [-0.4, -0.2) is 47.8 Å². The lowest BCUT2D eigenvalue weighted by Gasteiger charge is -2.30. The number of hydrogen-bond acceptors (Lipinski definition) is 3. The molecule has 1 rings (SSSR count). The summed E-state index contributed by atoms with van der Waals surface area (Å²) in [6, 6.07) is 4.13. The Labute approximate surface area is 120 Å². The molecule has 0 saturated heterocycles. The van der Waals surface area contributed by atoms with Crippen LogP contribution in [0.1, 0.15) is 17.3 Å². The van der Waals surface area contributed by atoms with Crippen LogP contribution in [0.5, 0.6) is 0 Å². The molecule has 6 heteroatoms. The molecule has 0 spiro atoms. The Bertz CT molecular complexity index is 463. The van der Waals surface area contributed by atoms with Crippen LogP contribution in [0.4, 0.5) is 4.39 Å². The van der Waals surface area contributed by atoms with Gasteiger partial charge in [-0.2, -0.15) is 0 Å². The molecule has 1 aromatic carbocycles. The lowest BCUT2D eigenvalue weighted by molar-refractivity contribution is 0.0364. The van der Waals surface area contributed by atoms with Gasteiger partial charge in [0.15, 0.2) is 0 Å². The Morgan fingerprint density at radius 1 is 1.42 bits per heavy atom. The maximum Gasteiger partial charge on any atom is 0.256 e. The lowest BCUT2D eigenvalue weighted by atomic mass is 9.92. The van der Waals surface area contributed by atoms with Gasteiger partial charge in [-0.05, 0) is 18.2 Å². The first kappa shape index (κ1) is 16.1. The average Bonchev–Trinajstić information content (AvgIpc) is 2.40. The lowest BCUT2D eigenvalue weighted by Crippen LogP contribution is -2.41. The summed E-state index contributed by atoms with van der Waals surface area (Å²) in [5, 5.41) is 18.4. The molecule has 0 aliphatic carbocycles. The third-order valence-corrected chi connectivity index (χ3v) is 3.38. The normalized spacial score (nSPS) is 11.5. The third-order valence-electron chi connectivity index (χ3n) is 2.89. The maximum atomic E-state index is 13.6. The molecule has 4 nitrogen and oxygen atoms in total. The van der Waals surface area contributed by atoms with E-state index in [9.17, 15) is 19.4 Å². The van der Waals surface area contributed by atoms with Crippen LogP contribution in [-0.2, 0) is 0 Å². The molecule has 106 valence electrons. The predicted octanol–water partition coefficient (Wildman–Crippen LogP) is 1.65. The fourth-order valence-corrected chi connectivity index (χ4v) is 2.02. The fourth-order valence-electron chi connectivity index (χ4n) is 1.66. The molecule has 0 aromatic heterocycles. The third kappa shape index (κ3) is 3.99. The van der Waals surface area contributed by atoms with Crippen molar-refractivity contribution in [2.75, 3.05) is 26.8 Å². The zero-order valence-electron chi connectivity index (χ0n) is 10.9. The number of aliphatic hydroxyl groups is 2. The summed E-state index contributed by atoms with van der Waals surface area (Å²) in [6.45, 7) is 1.25. The van der Waals surface area contributed by atoms with Crippen molar-refractivity contribution < 1.29 is 19.4 Å². The van der Waals surface area contributed by atoms with E-state index in [-0.39, 0.29) is 25.3 Å². The molecule has 1 aromatic rings. The Kier molecular flexibility index (Phi) is 5.46. The van der Waals surface area contributed by atoms with E-state index in [1.807, 2.05) is 0 Å². The molecule has 0 radical (unpaired) electrons. The number of nitrogens with zero attached hydrogens (tertiary/aromatic N) is 1. The first-order valence-corrected chi connectivity index (χ1v) is 6.54. The molecule has 0 atom stereocenters. The van der Waals surface area contributed by atoms with Crippen LogP contribution in [0.2, 0.25) is 0 Å². The van der Waals surface area contributed by atoms with E-state index in [2.05, 4.69) is 15.9 Å². The quantitative estimate of drug-likeness (QED) is 0.861.